The van der Waals surface area contributed by atoms with Crippen LogP contribution in [0.15, 0.2) is 46.0 Å². The van der Waals surface area contributed by atoms with Crippen LogP contribution in [0.4, 0.5) is 0 Å². The van der Waals surface area contributed by atoms with Crippen LogP contribution >= 0.6 is 15.9 Å². The molecule has 5 heteroatoms. The number of amidine groups is 1. The van der Waals surface area contributed by atoms with Gasteiger partial charge in [0.2, 0.25) is 0 Å². The quantitative estimate of drug-likeness (QED) is 0.368. The fourth-order valence-corrected chi connectivity index (χ4v) is 2.35. The molecule has 112 valence electrons. The standard InChI is InChI=1S/C16H19BrN2O2/c1-16(2,15(18)19-20)7-8-21-14-6-4-11-9-13(17)5-3-12(11)10-14/h3-6,9-10,20H,7-8H2,1-2H3,(H2,18,19). The predicted octanol–water partition coefficient (Wildman–Crippen LogP) is 4.14. The Morgan fingerprint density at radius 1 is 1.24 bits per heavy atom. The van der Waals surface area contributed by atoms with Crippen molar-refractivity contribution in [3.05, 3.63) is 40.9 Å². The van der Waals surface area contributed by atoms with Crippen molar-refractivity contribution >= 4 is 32.5 Å². The molecule has 2 aromatic carbocycles. The van der Waals surface area contributed by atoms with E-state index in [4.69, 9.17) is 15.7 Å². The van der Waals surface area contributed by atoms with Crippen LogP contribution < -0.4 is 10.5 Å². The zero-order valence-corrected chi connectivity index (χ0v) is 13.7. The molecule has 3 N–H and O–H groups in total. The van der Waals surface area contributed by atoms with Crippen LogP contribution in [0, 0.1) is 5.41 Å². The molecule has 4 nitrogen and oxygen atoms in total. The number of halogens is 1. The van der Waals surface area contributed by atoms with Gasteiger partial charge in [0.15, 0.2) is 0 Å². The van der Waals surface area contributed by atoms with Crippen molar-refractivity contribution in [2.45, 2.75) is 20.3 Å². The summed E-state index contributed by atoms with van der Waals surface area (Å²) in [6, 6.07) is 12.1. The van der Waals surface area contributed by atoms with Gasteiger partial charge in [-0.15, -0.1) is 0 Å². The lowest BCUT2D eigenvalue weighted by Crippen LogP contribution is -2.33. The maximum atomic E-state index is 8.75. The lowest BCUT2D eigenvalue weighted by molar-refractivity contribution is 0.260. The van der Waals surface area contributed by atoms with E-state index < -0.39 is 5.41 Å². The molecule has 0 spiro atoms. The highest BCUT2D eigenvalue weighted by atomic mass is 79.9. The molecule has 21 heavy (non-hydrogen) atoms. The topological polar surface area (TPSA) is 67.8 Å². The fraction of sp³-hybridized carbons (Fsp3) is 0.312. The number of ether oxygens (including phenoxy) is 1. The lowest BCUT2D eigenvalue weighted by atomic mass is 9.88. The molecule has 0 atom stereocenters. The monoisotopic (exact) mass is 350 g/mol. The van der Waals surface area contributed by atoms with Crippen LogP contribution in [0.25, 0.3) is 10.8 Å². The van der Waals surface area contributed by atoms with Gasteiger partial charge in [0.1, 0.15) is 11.6 Å². The largest absolute Gasteiger partial charge is 0.494 e. The van der Waals surface area contributed by atoms with E-state index in [1.54, 1.807) is 0 Å². The summed E-state index contributed by atoms with van der Waals surface area (Å²) in [5.74, 6) is 1.04. The van der Waals surface area contributed by atoms with E-state index in [0.717, 1.165) is 21.0 Å². The number of hydrogen-bond acceptors (Lipinski definition) is 3. The van der Waals surface area contributed by atoms with Crippen molar-refractivity contribution in [3.8, 4) is 5.75 Å². The molecule has 0 saturated carbocycles. The van der Waals surface area contributed by atoms with Crippen molar-refractivity contribution in [2.75, 3.05) is 6.61 Å². The highest BCUT2D eigenvalue weighted by molar-refractivity contribution is 9.10. The first-order valence-electron chi connectivity index (χ1n) is 6.72. The molecule has 0 radical (unpaired) electrons. The van der Waals surface area contributed by atoms with Crippen LogP contribution in [0.3, 0.4) is 0 Å². The molecular formula is C16H19BrN2O2. The third-order valence-corrected chi connectivity index (χ3v) is 4.06. The second-order valence-corrected chi connectivity index (χ2v) is 6.54. The molecule has 0 aromatic heterocycles. The Labute approximate surface area is 132 Å². The fourth-order valence-electron chi connectivity index (χ4n) is 1.97. The number of nitrogens with two attached hydrogens (primary N) is 1. The van der Waals surface area contributed by atoms with E-state index in [9.17, 15) is 0 Å². The van der Waals surface area contributed by atoms with Crippen LogP contribution in [-0.2, 0) is 0 Å². The van der Waals surface area contributed by atoms with E-state index in [0.29, 0.717) is 13.0 Å². The molecule has 2 rings (SSSR count). The smallest absolute Gasteiger partial charge is 0.144 e. The molecule has 0 aliphatic heterocycles. The summed E-state index contributed by atoms with van der Waals surface area (Å²) in [7, 11) is 0. The van der Waals surface area contributed by atoms with Gasteiger partial charge in [0, 0.05) is 9.89 Å². The molecule has 0 bridgehead atoms. The second-order valence-electron chi connectivity index (χ2n) is 5.62. The van der Waals surface area contributed by atoms with E-state index in [1.165, 1.54) is 0 Å². The van der Waals surface area contributed by atoms with Crippen LogP contribution in [0.2, 0.25) is 0 Å². The Hall–Kier alpha value is -1.75. The van der Waals surface area contributed by atoms with E-state index in [1.807, 2.05) is 44.2 Å². The van der Waals surface area contributed by atoms with Gasteiger partial charge < -0.3 is 15.7 Å². The van der Waals surface area contributed by atoms with Gasteiger partial charge in [-0.1, -0.05) is 47.1 Å². The lowest BCUT2D eigenvalue weighted by Gasteiger charge is -2.22. The average molecular weight is 351 g/mol. The van der Waals surface area contributed by atoms with Gasteiger partial charge in [-0.05, 0) is 41.5 Å². The van der Waals surface area contributed by atoms with Gasteiger partial charge in [-0.3, -0.25) is 0 Å². The van der Waals surface area contributed by atoms with E-state index in [2.05, 4.69) is 27.2 Å². The Kier molecular flexibility index (Phi) is 4.73. The van der Waals surface area contributed by atoms with Crippen molar-refractivity contribution in [3.63, 3.8) is 0 Å². The number of hydrogen-bond donors (Lipinski definition) is 2. The SMILES string of the molecule is CC(C)(CCOc1ccc2cc(Br)ccc2c1)C(N)=NO. The molecule has 0 saturated heterocycles. The van der Waals surface area contributed by atoms with Gasteiger partial charge in [0.25, 0.3) is 0 Å². The van der Waals surface area contributed by atoms with Crippen molar-refractivity contribution in [1.82, 2.24) is 0 Å². The minimum Gasteiger partial charge on any atom is -0.494 e. The average Bonchev–Trinajstić information content (AvgIpc) is 2.46. The first-order chi connectivity index (χ1) is 9.92. The molecule has 0 aliphatic carbocycles. The first kappa shape index (κ1) is 15.6. The zero-order chi connectivity index (χ0) is 15.5. The Bertz CT molecular complexity index is 668. The van der Waals surface area contributed by atoms with Gasteiger partial charge in [0.05, 0.1) is 6.61 Å². The minimum absolute atomic E-state index is 0.217. The zero-order valence-electron chi connectivity index (χ0n) is 12.1. The summed E-state index contributed by atoms with van der Waals surface area (Å²) in [5.41, 5.74) is 5.27. The minimum atomic E-state index is -0.392. The van der Waals surface area contributed by atoms with Crippen molar-refractivity contribution in [1.29, 1.82) is 0 Å². The van der Waals surface area contributed by atoms with Crippen molar-refractivity contribution in [2.24, 2.45) is 16.3 Å². The van der Waals surface area contributed by atoms with Crippen LogP contribution in [0.5, 0.6) is 5.75 Å². The van der Waals surface area contributed by atoms with Crippen LogP contribution in [0.1, 0.15) is 20.3 Å². The predicted molar refractivity (Wildman–Crippen MR) is 88.9 cm³/mol. The highest BCUT2D eigenvalue weighted by Gasteiger charge is 2.23. The third-order valence-electron chi connectivity index (χ3n) is 3.57. The summed E-state index contributed by atoms with van der Waals surface area (Å²) in [6.45, 7) is 4.35. The Morgan fingerprint density at radius 2 is 1.90 bits per heavy atom. The first-order valence-corrected chi connectivity index (χ1v) is 7.52. The summed E-state index contributed by atoms with van der Waals surface area (Å²) in [6.07, 6.45) is 0.668. The Morgan fingerprint density at radius 3 is 2.62 bits per heavy atom. The number of nitrogens with zero attached hydrogens (tertiary/aromatic N) is 1. The maximum absolute atomic E-state index is 8.75. The summed E-state index contributed by atoms with van der Waals surface area (Å²) >= 11 is 3.46. The maximum Gasteiger partial charge on any atom is 0.144 e. The molecule has 2 aromatic rings. The number of oxime groups is 1. The molecule has 0 amide bonds. The molecule has 0 unspecified atom stereocenters. The number of fused-ring (bicyclic) bond motifs is 1. The molecule has 0 aliphatic rings. The van der Waals surface area contributed by atoms with Gasteiger partial charge >= 0.3 is 0 Å². The van der Waals surface area contributed by atoms with Crippen molar-refractivity contribution < 1.29 is 9.94 Å². The normalized spacial score (nSPS) is 12.6. The summed E-state index contributed by atoms with van der Waals surface area (Å²) in [5, 5.41) is 14.1. The molecule has 0 heterocycles. The summed E-state index contributed by atoms with van der Waals surface area (Å²) in [4.78, 5) is 0. The third kappa shape index (κ3) is 3.88. The number of benzene rings is 2. The van der Waals surface area contributed by atoms with Gasteiger partial charge in [-0.25, -0.2) is 0 Å². The molecular weight excluding hydrogens is 332 g/mol. The van der Waals surface area contributed by atoms with Gasteiger partial charge in [-0.2, -0.15) is 0 Å². The highest BCUT2D eigenvalue weighted by Crippen LogP contribution is 2.25. The Balaban J connectivity index is 2.02. The summed E-state index contributed by atoms with van der Waals surface area (Å²) < 4.78 is 6.83. The van der Waals surface area contributed by atoms with E-state index in [-0.39, 0.29) is 5.84 Å². The number of rotatable bonds is 5. The van der Waals surface area contributed by atoms with Crippen LogP contribution in [-0.4, -0.2) is 17.6 Å². The second kappa shape index (κ2) is 6.35. The molecule has 0 fully saturated rings. The van der Waals surface area contributed by atoms with E-state index >= 15 is 0 Å².